The van der Waals surface area contributed by atoms with E-state index in [4.69, 9.17) is 4.80 Å². The molecule has 0 aromatic heterocycles. The second-order valence-corrected chi connectivity index (χ2v) is 5.42. The van der Waals surface area contributed by atoms with Gasteiger partial charge in [-0.3, -0.25) is 4.57 Å². The van der Waals surface area contributed by atoms with E-state index in [1.165, 1.54) is 0 Å². The highest BCUT2D eigenvalue weighted by molar-refractivity contribution is 6.22. The van der Waals surface area contributed by atoms with Crippen molar-refractivity contribution in [1.82, 2.24) is 4.57 Å². The third-order valence-electron chi connectivity index (χ3n) is 1.44. The molecule has 0 amide bonds. The third-order valence-corrected chi connectivity index (χ3v) is 2.98. The van der Waals surface area contributed by atoms with E-state index in [-0.39, 0.29) is 21.0 Å². The van der Waals surface area contributed by atoms with Gasteiger partial charge in [0.15, 0.2) is 0 Å². The smallest absolute Gasteiger partial charge is 0.338 e. The van der Waals surface area contributed by atoms with Gasteiger partial charge < -0.3 is 4.80 Å². The predicted octanol–water partition coefficient (Wildman–Crippen LogP) is 1.41. The molecule has 0 spiro atoms. The van der Waals surface area contributed by atoms with Crippen molar-refractivity contribution in [2.45, 2.75) is 52.6 Å². The lowest BCUT2D eigenvalue weighted by Crippen LogP contribution is -2.54. The van der Waals surface area contributed by atoms with Gasteiger partial charge in [0.1, 0.15) is 0 Å². The molecule has 3 heteroatoms. The first-order valence-corrected chi connectivity index (χ1v) is 4.79. The lowest BCUT2D eigenvalue weighted by atomic mass is 10.0. The summed E-state index contributed by atoms with van der Waals surface area (Å²) in [5.74, 6) is 0. The van der Waals surface area contributed by atoms with E-state index in [0.717, 1.165) is 0 Å². The molecule has 2 nitrogen and oxygen atoms in total. The van der Waals surface area contributed by atoms with Gasteiger partial charge in [-0.25, -0.2) is 0 Å². The van der Waals surface area contributed by atoms with Gasteiger partial charge in [-0.15, -0.1) is 0 Å². The normalized spacial score (nSPS) is 14.2. The summed E-state index contributed by atoms with van der Waals surface area (Å²) in [6.45, 7) is 12.7. The van der Waals surface area contributed by atoms with Crippen LogP contribution in [0.25, 0.3) is 0 Å². The van der Waals surface area contributed by atoms with E-state index in [9.17, 15) is 0 Å². The van der Waals surface area contributed by atoms with E-state index in [2.05, 4.69) is 46.1 Å². The van der Waals surface area contributed by atoms with Crippen molar-refractivity contribution in [3.8, 4) is 0 Å². The van der Waals surface area contributed by atoms with Gasteiger partial charge in [0.05, 0.1) is 0 Å². The van der Waals surface area contributed by atoms with Crippen molar-refractivity contribution in [2.24, 2.45) is 0 Å². The summed E-state index contributed by atoms with van der Waals surface area (Å²) < 4.78 is 2.08. The van der Waals surface area contributed by atoms with Crippen LogP contribution in [0.2, 0.25) is 0 Å². The summed E-state index contributed by atoms with van der Waals surface area (Å²) in [6, 6.07) is 0. The molecule has 11 heavy (non-hydrogen) atoms. The Morgan fingerprint density at radius 3 is 1.18 bits per heavy atom. The highest BCUT2D eigenvalue weighted by Crippen LogP contribution is 2.22. The number of rotatable bonds is 1. The van der Waals surface area contributed by atoms with Crippen molar-refractivity contribution in [3.63, 3.8) is 0 Å². The topological polar surface area (TPSA) is 23.5 Å². The van der Waals surface area contributed by atoms with Crippen LogP contribution in [-0.2, 0) is 0 Å². The van der Waals surface area contributed by atoms with E-state index in [1.807, 2.05) is 0 Å². The van der Waals surface area contributed by atoms with Crippen LogP contribution >= 0.6 is 0 Å². The van der Waals surface area contributed by atoms with Crippen molar-refractivity contribution in [3.05, 3.63) is 0 Å². The molecule has 0 bridgehead atoms. The second-order valence-electron chi connectivity index (χ2n) is 4.78. The van der Waals surface area contributed by atoms with Crippen molar-refractivity contribution in [2.75, 3.05) is 0 Å². The van der Waals surface area contributed by atoms with E-state index in [0.29, 0.717) is 0 Å². The van der Waals surface area contributed by atoms with Crippen molar-refractivity contribution >= 4 is 9.92 Å². The Kier molecular flexibility index (Phi) is 3.29. The molecule has 0 aromatic rings. The minimum atomic E-state index is -0.115. The molecule has 0 fully saturated rings. The number of hydrogen-bond acceptors (Lipinski definition) is 2. The number of nitrogens with zero attached hydrogens (tertiary/aromatic N) is 1. The molecule has 0 saturated heterocycles. The summed E-state index contributed by atoms with van der Waals surface area (Å²) in [7, 11) is -0.115. The highest BCUT2D eigenvalue weighted by Gasteiger charge is 2.31. The molecule has 66 valence electrons. The lowest BCUT2D eigenvalue weighted by Gasteiger charge is -2.43. The first kappa shape index (κ1) is 11.1. The first-order valence-electron chi connectivity index (χ1n) is 3.89. The molecular weight excluding hydrogens is 154 g/mol. The molecule has 0 heterocycles. The Morgan fingerprint density at radius 2 is 1.18 bits per heavy atom. The minimum absolute atomic E-state index is 0.0471. The van der Waals surface area contributed by atoms with Gasteiger partial charge in [-0.1, -0.05) is 0 Å². The SMILES string of the molecule is CC(C)(C)N([Si]O)C(C)(C)C. The Hall–Kier alpha value is 0.137. The van der Waals surface area contributed by atoms with Crippen LogP contribution < -0.4 is 0 Å². The van der Waals surface area contributed by atoms with Gasteiger partial charge in [0.25, 0.3) is 0 Å². The fourth-order valence-corrected chi connectivity index (χ4v) is 1.91. The molecule has 1 N–H and O–H groups in total. The highest BCUT2D eigenvalue weighted by atomic mass is 28.2. The molecule has 0 unspecified atom stereocenters. The summed E-state index contributed by atoms with van der Waals surface area (Å²) in [5.41, 5.74) is 0.0941. The van der Waals surface area contributed by atoms with Crippen LogP contribution in [0.1, 0.15) is 41.5 Å². The van der Waals surface area contributed by atoms with Gasteiger partial charge in [-0.05, 0) is 41.5 Å². The van der Waals surface area contributed by atoms with Gasteiger partial charge in [0, 0.05) is 11.1 Å². The van der Waals surface area contributed by atoms with E-state index >= 15 is 0 Å². The maximum absolute atomic E-state index is 9.15. The van der Waals surface area contributed by atoms with E-state index < -0.39 is 0 Å². The van der Waals surface area contributed by atoms with Crippen molar-refractivity contribution in [1.29, 1.82) is 0 Å². The average Bonchev–Trinajstić information content (AvgIpc) is 1.56. The Balaban J connectivity index is 4.43. The standard InChI is InChI=1S/C8H19NOSi/c1-7(2,3)9(11-10)8(4,5)6/h10H,1-6H3. The van der Waals surface area contributed by atoms with Gasteiger partial charge in [0.2, 0.25) is 0 Å². The second kappa shape index (κ2) is 3.25. The fraction of sp³-hybridized carbons (Fsp3) is 1.00. The Labute approximate surface area is 72.6 Å². The van der Waals surface area contributed by atoms with Gasteiger partial charge >= 0.3 is 9.92 Å². The maximum atomic E-state index is 9.15. The molecule has 0 atom stereocenters. The summed E-state index contributed by atoms with van der Waals surface area (Å²) in [4.78, 5) is 9.15. The molecule has 0 aliphatic heterocycles. The summed E-state index contributed by atoms with van der Waals surface area (Å²) >= 11 is 0. The zero-order valence-electron chi connectivity index (χ0n) is 8.39. The fourth-order valence-electron chi connectivity index (χ4n) is 1.31. The largest absolute Gasteiger partial charge is 0.419 e. The average molecular weight is 173 g/mol. The molecule has 2 radical (unpaired) electrons. The van der Waals surface area contributed by atoms with Crippen LogP contribution in [0, 0.1) is 0 Å². The van der Waals surface area contributed by atoms with Crippen LogP contribution in [0.15, 0.2) is 0 Å². The lowest BCUT2D eigenvalue weighted by molar-refractivity contribution is 0.123. The van der Waals surface area contributed by atoms with E-state index in [1.54, 1.807) is 0 Å². The maximum Gasteiger partial charge on any atom is 0.338 e. The van der Waals surface area contributed by atoms with Crippen LogP contribution in [-0.4, -0.2) is 30.4 Å². The monoisotopic (exact) mass is 173 g/mol. The zero-order valence-corrected chi connectivity index (χ0v) is 9.39. The molecular formula is C8H19NOSi. The molecule has 0 rings (SSSR count). The third kappa shape index (κ3) is 3.36. The predicted molar refractivity (Wildman–Crippen MR) is 49.3 cm³/mol. The molecule has 0 aromatic carbocycles. The van der Waals surface area contributed by atoms with Crippen LogP contribution in [0.4, 0.5) is 0 Å². The molecule has 0 saturated carbocycles. The quantitative estimate of drug-likeness (QED) is 0.606. The summed E-state index contributed by atoms with van der Waals surface area (Å²) in [6.07, 6.45) is 0. The zero-order chi connectivity index (χ0) is 9.28. The van der Waals surface area contributed by atoms with Crippen molar-refractivity contribution < 1.29 is 4.80 Å². The Bertz CT molecular complexity index is 109. The van der Waals surface area contributed by atoms with Crippen LogP contribution in [0.3, 0.4) is 0 Å². The summed E-state index contributed by atoms with van der Waals surface area (Å²) in [5, 5.41) is 0. The van der Waals surface area contributed by atoms with Crippen LogP contribution in [0.5, 0.6) is 0 Å². The molecule has 0 aliphatic rings. The minimum Gasteiger partial charge on any atom is -0.419 e. The number of hydrogen-bond donors (Lipinski definition) is 1. The van der Waals surface area contributed by atoms with Gasteiger partial charge in [-0.2, -0.15) is 0 Å². The molecule has 0 aliphatic carbocycles. The Morgan fingerprint density at radius 1 is 0.909 bits per heavy atom. The first-order chi connectivity index (χ1) is 4.69.